The number of nitriles is 1. The smallest absolute Gasteiger partial charge is 0.255 e. The molecule has 1 aliphatic heterocycles. The van der Waals surface area contributed by atoms with Crippen LogP contribution < -0.4 is 15.4 Å². The second kappa shape index (κ2) is 9.73. The Bertz CT molecular complexity index is 1010. The second-order valence-corrected chi connectivity index (χ2v) is 8.42. The average molecular weight is 432 g/mol. The maximum atomic E-state index is 13.0. The van der Waals surface area contributed by atoms with E-state index in [1.807, 2.05) is 24.4 Å². The Kier molecular flexibility index (Phi) is 6.60. The van der Waals surface area contributed by atoms with E-state index in [2.05, 4.69) is 44.8 Å². The van der Waals surface area contributed by atoms with Crippen LogP contribution in [0.4, 0.5) is 0 Å². The predicted molar refractivity (Wildman–Crippen MR) is 123 cm³/mol. The quantitative estimate of drug-likeness (QED) is 0.686. The first-order valence-corrected chi connectivity index (χ1v) is 11.1. The van der Waals surface area contributed by atoms with Crippen LogP contribution in [0.15, 0.2) is 59.6 Å². The van der Waals surface area contributed by atoms with Crippen LogP contribution in [-0.2, 0) is 5.41 Å². The van der Waals surface area contributed by atoms with Crippen molar-refractivity contribution in [2.75, 3.05) is 26.7 Å². The lowest BCUT2D eigenvalue weighted by molar-refractivity contribution is 0.0927. The summed E-state index contributed by atoms with van der Waals surface area (Å²) in [7, 11) is 1.58. The molecule has 1 saturated heterocycles. The van der Waals surface area contributed by atoms with Crippen LogP contribution in [0, 0.1) is 11.5 Å². The number of benzene rings is 2. The number of nitrogens with one attached hydrogen (secondary N) is 2. The first kappa shape index (κ1) is 21.7. The van der Waals surface area contributed by atoms with E-state index in [9.17, 15) is 4.79 Å². The molecule has 0 aromatic heterocycles. The molecule has 166 valence electrons. The lowest BCUT2D eigenvalue weighted by Crippen LogP contribution is -2.48. The number of amides is 1. The van der Waals surface area contributed by atoms with Gasteiger partial charge in [-0.15, -0.1) is 4.99 Å². The van der Waals surface area contributed by atoms with E-state index in [0.29, 0.717) is 29.9 Å². The summed E-state index contributed by atoms with van der Waals surface area (Å²) in [5.41, 5.74) is 1.67. The van der Waals surface area contributed by atoms with Gasteiger partial charge in [-0.05, 0) is 43.4 Å². The summed E-state index contributed by atoms with van der Waals surface area (Å²) < 4.78 is 5.36. The number of carbonyl (C=O) groups is 1. The average Bonchev–Trinajstić information content (AvgIpc) is 3.32. The van der Waals surface area contributed by atoms with E-state index in [4.69, 9.17) is 10.00 Å². The van der Waals surface area contributed by atoms with Gasteiger partial charge in [0.2, 0.25) is 12.2 Å². The van der Waals surface area contributed by atoms with Crippen LogP contribution in [0.1, 0.15) is 41.6 Å². The Hall–Kier alpha value is -3.53. The molecule has 2 fully saturated rings. The number of hydrogen-bond donors (Lipinski definition) is 2. The highest BCUT2D eigenvalue weighted by Crippen LogP contribution is 2.41. The SMILES string of the molecule is COc1ccccc1C(=O)NCC1(c2ccccc2)CCC(N2CCN/C2=N/C#N)CC1. The summed E-state index contributed by atoms with van der Waals surface area (Å²) in [6.07, 6.45) is 5.76. The highest BCUT2D eigenvalue weighted by molar-refractivity contribution is 5.97. The fraction of sp³-hybridized carbons (Fsp3) is 0.400. The number of carbonyl (C=O) groups excluding carboxylic acids is 1. The number of nitrogens with zero attached hydrogens (tertiary/aromatic N) is 3. The Morgan fingerprint density at radius 3 is 2.66 bits per heavy atom. The van der Waals surface area contributed by atoms with Crippen molar-refractivity contribution in [1.29, 1.82) is 5.26 Å². The number of rotatable bonds is 6. The molecule has 2 aliphatic rings. The molecule has 7 nitrogen and oxygen atoms in total. The van der Waals surface area contributed by atoms with E-state index in [1.165, 1.54) is 5.56 Å². The van der Waals surface area contributed by atoms with Crippen molar-refractivity contribution in [2.24, 2.45) is 4.99 Å². The summed E-state index contributed by atoms with van der Waals surface area (Å²) in [5, 5.41) is 15.4. The predicted octanol–water partition coefficient (Wildman–Crippen LogP) is 3.05. The Balaban J connectivity index is 1.50. The van der Waals surface area contributed by atoms with Gasteiger partial charge in [-0.25, -0.2) is 0 Å². The number of hydrogen-bond acceptors (Lipinski definition) is 4. The van der Waals surface area contributed by atoms with Crippen LogP contribution in [0.2, 0.25) is 0 Å². The van der Waals surface area contributed by atoms with Crippen molar-refractivity contribution < 1.29 is 9.53 Å². The maximum absolute atomic E-state index is 13.0. The van der Waals surface area contributed by atoms with Crippen LogP contribution in [0.25, 0.3) is 0 Å². The molecule has 7 heteroatoms. The molecule has 1 heterocycles. The molecule has 0 atom stereocenters. The molecule has 0 bridgehead atoms. The molecule has 1 saturated carbocycles. The molecular formula is C25H29N5O2. The summed E-state index contributed by atoms with van der Waals surface area (Å²) in [6.45, 7) is 2.25. The Labute approximate surface area is 189 Å². The highest BCUT2D eigenvalue weighted by atomic mass is 16.5. The van der Waals surface area contributed by atoms with Crippen molar-refractivity contribution >= 4 is 11.9 Å². The largest absolute Gasteiger partial charge is 0.496 e. The van der Waals surface area contributed by atoms with Crippen LogP contribution in [-0.4, -0.2) is 49.6 Å². The van der Waals surface area contributed by atoms with Gasteiger partial charge in [0.15, 0.2) is 0 Å². The van der Waals surface area contributed by atoms with Crippen molar-refractivity contribution in [3.05, 3.63) is 65.7 Å². The lowest BCUT2D eigenvalue weighted by atomic mass is 9.68. The highest BCUT2D eigenvalue weighted by Gasteiger charge is 2.40. The van der Waals surface area contributed by atoms with E-state index < -0.39 is 0 Å². The van der Waals surface area contributed by atoms with Gasteiger partial charge in [0.05, 0.1) is 12.7 Å². The molecule has 0 unspecified atom stereocenters. The van der Waals surface area contributed by atoms with Gasteiger partial charge in [0, 0.05) is 31.1 Å². The minimum atomic E-state index is -0.130. The lowest BCUT2D eigenvalue weighted by Gasteiger charge is -2.43. The zero-order valence-corrected chi connectivity index (χ0v) is 18.4. The number of para-hydroxylation sites is 1. The molecule has 4 rings (SSSR count). The first-order chi connectivity index (χ1) is 15.7. The van der Waals surface area contributed by atoms with Gasteiger partial charge in [0.1, 0.15) is 5.75 Å². The molecule has 1 aliphatic carbocycles. The third-order valence-electron chi connectivity index (χ3n) is 6.74. The number of methoxy groups -OCH3 is 1. The van der Waals surface area contributed by atoms with Crippen molar-refractivity contribution in [3.8, 4) is 11.9 Å². The molecule has 0 radical (unpaired) electrons. The zero-order chi connectivity index (χ0) is 22.4. The molecular weight excluding hydrogens is 402 g/mol. The molecule has 1 amide bonds. The minimum Gasteiger partial charge on any atom is -0.496 e. The van der Waals surface area contributed by atoms with E-state index in [0.717, 1.165) is 38.8 Å². The van der Waals surface area contributed by atoms with Crippen LogP contribution in [0.5, 0.6) is 5.75 Å². The van der Waals surface area contributed by atoms with Crippen molar-refractivity contribution in [3.63, 3.8) is 0 Å². The van der Waals surface area contributed by atoms with Gasteiger partial charge in [-0.2, -0.15) is 5.26 Å². The van der Waals surface area contributed by atoms with Gasteiger partial charge in [-0.1, -0.05) is 42.5 Å². The summed E-state index contributed by atoms with van der Waals surface area (Å²) in [4.78, 5) is 19.2. The van der Waals surface area contributed by atoms with Crippen LogP contribution in [0.3, 0.4) is 0 Å². The Morgan fingerprint density at radius 2 is 1.94 bits per heavy atom. The molecule has 2 N–H and O–H groups in total. The summed E-state index contributed by atoms with van der Waals surface area (Å²) in [5.74, 6) is 1.15. The minimum absolute atomic E-state index is 0.118. The topological polar surface area (TPSA) is 89.8 Å². The molecule has 0 spiro atoms. The number of aliphatic imine (C=N–C) groups is 1. The van der Waals surface area contributed by atoms with Crippen LogP contribution >= 0.6 is 0 Å². The molecule has 2 aromatic rings. The van der Waals surface area contributed by atoms with Gasteiger partial charge < -0.3 is 20.3 Å². The summed E-state index contributed by atoms with van der Waals surface area (Å²) >= 11 is 0. The van der Waals surface area contributed by atoms with Gasteiger partial charge in [-0.3, -0.25) is 4.79 Å². The fourth-order valence-corrected chi connectivity index (χ4v) is 5.01. The maximum Gasteiger partial charge on any atom is 0.255 e. The van der Waals surface area contributed by atoms with E-state index >= 15 is 0 Å². The summed E-state index contributed by atoms with van der Waals surface area (Å²) in [6, 6.07) is 18.1. The van der Waals surface area contributed by atoms with Crippen molar-refractivity contribution in [1.82, 2.24) is 15.5 Å². The zero-order valence-electron chi connectivity index (χ0n) is 18.4. The first-order valence-electron chi connectivity index (χ1n) is 11.1. The third-order valence-corrected chi connectivity index (χ3v) is 6.74. The fourth-order valence-electron chi connectivity index (χ4n) is 5.01. The number of guanidine groups is 1. The normalized spacial score (nSPS) is 23.9. The second-order valence-electron chi connectivity index (χ2n) is 8.42. The standard InChI is InChI=1S/C25H29N5O2/c1-32-22-10-6-5-9-21(22)23(31)28-17-25(19-7-3-2-4-8-19)13-11-20(12-14-25)30-16-15-27-24(30)29-18-26/h2-10,20H,11-17H2,1H3,(H,27,29)(H,28,31). The van der Waals surface area contributed by atoms with Gasteiger partial charge in [0.25, 0.3) is 5.91 Å². The van der Waals surface area contributed by atoms with Gasteiger partial charge >= 0.3 is 0 Å². The Morgan fingerprint density at radius 1 is 1.22 bits per heavy atom. The van der Waals surface area contributed by atoms with Crippen molar-refractivity contribution in [2.45, 2.75) is 37.1 Å². The number of ether oxygens (including phenoxy) is 1. The molecule has 2 aromatic carbocycles. The molecule has 32 heavy (non-hydrogen) atoms. The third kappa shape index (κ3) is 4.40. The van der Waals surface area contributed by atoms with E-state index in [-0.39, 0.29) is 11.3 Å². The monoisotopic (exact) mass is 431 g/mol. The van der Waals surface area contributed by atoms with E-state index in [1.54, 1.807) is 19.2 Å².